The second kappa shape index (κ2) is 9.28. The number of halogens is 1. The molecule has 0 bridgehead atoms. The average molecular weight is 396 g/mol. The van der Waals surface area contributed by atoms with E-state index in [1.165, 1.54) is 31.0 Å². The number of benzene rings is 1. The molecule has 8 heteroatoms. The fourth-order valence-electron chi connectivity index (χ4n) is 2.96. The van der Waals surface area contributed by atoms with Crippen LogP contribution in [0.4, 0.5) is 0 Å². The Bertz CT molecular complexity index is 740. The second-order valence-electron chi connectivity index (χ2n) is 6.41. The molecule has 1 fully saturated rings. The Labute approximate surface area is 162 Å². The highest BCUT2D eigenvalue weighted by molar-refractivity contribution is 7.99. The topological polar surface area (TPSA) is 77.2 Å². The molecule has 0 spiro atoms. The highest BCUT2D eigenvalue weighted by atomic mass is 35.5. The summed E-state index contributed by atoms with van der Waals surface area (Å²) in [6.07, 6.45) is 4.67. The number of thioether (sulfide) groups is 1. The normalized spacial score (nSPS) is 19.9. The van der Waals surface area contributed by atoms with E-state index in [1.807, 2.05) is 12.1 Å². The molecule has 0 aliphatic heterocycles. The lowest BCUT2D eigenvalue weighted by molar-refractivity contribution is -0.119. The highest BCUT2D eigenvalue weighted by Crippen LogP contribution is 2.25. The molecule has 1 aliphatic rings. The van der Waals surface area contributed by atoms with Gasteiger partial charge in [0.15, 0.2) is 6.61 Å². The molecule has 1 aliphatic carbocycles. The van der Waals surface area contributed by atoms with E-state index in [1.54, 1.807) is 12.1 Å². The summed E-state index contributed by atoms with van der Waals surface area (Å²) in [4.78, 5) is 12.1. The lowest BCUT2D eigenvalue weighted by Gasteiger charge is -2.29. The first-order valence-electron chi connectivity index (χ1n) is 8.73. The predicted molar refractivity (Wildman–Crippen MR) is 100 cm³/mol. The molecule has 26 heavy (non-hydrogen) atoms. The molecule has 140 valence electrons. The molecule has 2 aromatic rings. The summed E-state index contributed by atoms with van der Waals surface area (Å²) in [7, 11) is 0. The van der Waals surface area contributed by atoms with E-state index in [0.717, 1.165) is 6.42 Å². The van der Waals surface area contributed by atoms with Gasteiger partial charge in [0.1, 0.15) is 5.75 Å². The van der Waals surface area contributed by atoms with Crippen molar-refractivity contribution in [1.82, 2.24) is 15.5 Å². The zero-order valence-electron chi connectivity index (χ0n) is 14.6. The molecule has 0 radical (unpaired) electrons. The molecule has 1 amide bonds. The van der Waals surface area contributed by atoms with Crippen LogP contribution in [0.15, 0.2) is 33.9 Å². The number of nitrogens with zero attached hydrogens (tertiary/aromatic N) is 2. The van der Waals surface area contributed by atoms with Gasteiger partial charge in [0.25, 0.3) is 11.1 Å². The molecule has 0 unspecified atom stereocenters. The minimum absolute atomic E-state index is 0.000757. The van der Waals surface area contributed by atoms with Crippen molar-refractivity contribution in [3.8, 4) is 5.75 Å². The smallest absolute Gasteiger partial charge is 0.277 e. The van der Waals surface area contributed by atoms with Crippen LogP contribution in [0.1, 0.15) is 38.5 Å². The van der Waals surface area contributed by atoms with Crippen molar-refractivity contribution in [2.75, 3.05) is 5.75 Å². The van der Waals surface area contributed by atoms with Crippen molar-refractivity contribution < 1.29 is 13.9 Å². The molecule has 1 saturated carbocycles. The second-order valence-corrected chi connectivity index (χ2v) is 7.74. The summed E-state index contributed by atoms with van der Waals surface area (Å²) >= 11 is 7.26. The van der Waals surface area contributed by atoms with Crippen LogP contribution in [-0.2, 0) is 11.4 Å². The van der Waals surface area contributed by atoms with Gasteiger partial charge in [-0.15, -0.1) is 10.2 Å². The van der Waals surface area contributed by atoms with E-state index in [9.17, 15) is 4.79 Å². The maximum Gasteiger partial charge on any atom is 0.277 e. The Morgan fingerprint density at radius 2 is 2.15 bits per heavy atom. The van der Waals surface area contributed by atoms with Crippen LogP contribution < -0.4 is 10.1 Å². The summed E-state index contributed by atoms with van der Waals surface area (Å²) in [6.45, 7) is 2.32. The number of carbonyl (C=O) groups is 1. The van der Waals surface area contributed by atoms with Crippen LogP contribution in [0, 0.1) is 5.92 Å². The first-order valence-corrected chi connectivity index (χ1v) is 10.1. The third-order valence-corrected chi connectivity index (χ3v) is 5.55. The van der Waals surface area contributed by atoms with E-state index in [2.05, 4.69) is 22.4 Å². The van der Waals surface area contributed by atoms with Gasteiger partial charge in [0.2, 0.25) is 5.91 Å². The lowest BCUT2D eigenvalue weighted by atomic mass is 9.86. The third kappa shape index (κ3) is 5.38. The van der Waals surface area contributed by atoms with Gasteiger partial charge in [-0.3, -0.25) is 4.79 Å². The Kier molecular flexibility index (Phi) is 6.80. The van der Waals surface area contributed by atoms with Crippen molar-refractivity contribution in [3.05, 3.63) is 35.2 Å². The van der Waals surface area contributed by atoms with Crippen LogP contribution in [-0.4, -0.2) is 27.9 Å². The molecular formula is C18H22ClN3O3S. The third-order valence-electron chi connectivity index (χ3n) is 4.42. The van der Waals surface area contributed by atoms with Gasteiger partial charge in [-0.2, -0.15) is 0 Å². The van der Waals surface area contributed by atoms with Crippen LogP contribution in [0.5, 0.6) is 5.75 Å². The summed E-state index contributed by atoms with van der Waals surface area (Å²) in [5, 5.41) is 11.9. The number of ether oxygens (including phenoxy) is 1. The van der Waals surface area contributed by atoms with E-state index in [-0.39, 0.29) is 24.3 Å². The standard InChI is InChI=1S/C18H22ClN3O3S/c1-12-6-2-4-8-14(12)20-16(23)11-26-18-22-21-17(25-18)10-24-15-9-5-3-7-13(15)19/h3,5,7,9,12,14H,2,4,6,8,10-11H2,1H3,(H,20,23)/t12-,14+/m1/s1. The fourth-order valence-corrected chi connectivity index (χ4v) is 3.74. The maximum absolute atomic E-state index is 12.1. The molecule has 3 rings (SSSR count). The van der Waals surface area contributed by atoms with E-state index in [0.29, 0.717) is 27.8 Å². The monoisotopic (exact) mass is 395 g/mol. The maximum atomic E-state index is 12.1. The van der Waals surface area contributed by atoms with Crippen molar-refractivity contribution in [3.63, 3.8) is 0 Å². The van der Waals surface area contributed by atoms with Gasteiger partial charge in [0, 0.05) is 6.04 Å². The molecule has 0 saturated heterocycles. The number of aromatic nitrogens is 2. The fraction of sp³-hybridized carbons (Fsp3) is 0.500. The first kappa shape index (κ1) is 19.0. The molecule has 6 nitrogen and oxygen atoms in total. The zero-order valence-corrected chi connectivity index (χ0v) is 16.2. The highest BCUT2D eigenvalue weighted by Gasteiger charge is 2.23. The van der Waals surface area contributed by atoms with Crippen molar-refractivity contribution in [1.29, 1.82) is 0 Å². The summed E-state index contributed by atoms with van der Waals surface area (Å²) in [5.74, 6) is 1.70. The predicted octanol–water partition coefficient (Wildman–Crippen LogP) is 4.09. The summed E-state index contributed by atoms with van der Waals surface area (Å²) in [6, 6.07) is 7.46. The van der Waals surface area contributed by atoms with Crippen LogP contribution in [0.2, 0.25) is 5.02 Å². The molecule has 1 N–H and O–H groups in total. The largest absolute Gasteiger partial charge is 0.482 e. The summed E-state index contributed by atoms with van der Waals surface area (Å²) < 4.78 is 11.1. The number of nitrogens with one attached hydrogen (secondary N) is 1. The number of amides is 1. The minimum Gasteiger partial charge on any atom is -0.482 e. The van der Waals surface area contributed by atoms with Gasteiger partial charge < -0.3 is 14.5 Å². The van der Waals surface area contributed by atoms with E-state index < -0.39 is 0 Å². The van der Waals surface area contributed by atoms with Crippen molar-refractivity contribution >= 4 is 29.3 Å². The van der Waals surface area contributed by atoms with Crippen molar-refractivity contribution in [2.24, 2.45) is 5.92 Å². The molecule has 1 aromatic heterocycles. The number of para-hydroxylation sites is 1. The van der Waals surface area contributed by atoms with Crippen LogP contribution in [0.25, 0.3) is 0 Å². The minimum atomic E-state index is 0.000757. The molecule has 1 heterocycles. The van der Waals surface area contributed by atoms with Gasteiger partial charge in [0.05, 0.1) is 10.8 Å². The van der Waals surface area contributed by atoms with Gasteiger partial charge >= 0.3 is 0 Å². The van der Waals surface area contributed by atoms with Gasteiger partial charge in [-0.25, -0.2) is 0 Å². The Balaban J connectivity index is 1.43. The number of hydrogen-bond acceptors (Lipinski definition) is 6. The Hall–Kier alpha value is -1.73. The lowest BCUT2D eigenvalue weighted by Crippen LogP contribution is -2.41. The van der Waals surface area contributed by atoms with Crippen LogP contribution in [0.3, 0.4) is 0 Å². The molecule has 2 atom stereocenters. The zero-order chi connectivity index (χ0) is 18.4. The Morgan fingerprint density at radius 1 is 1.35 bits per heavy atom. The van der Waals surface area contributed by atoms with Crippen molar-refractivity contribution in [2.45, 2.75) is 50.5 Å². The van der Waals surface area contributed by atoms with Gasteiger partial charge in [-0.05, 0) is 30.9 Å². The average Bonchev–Trinajstić information content (AvgIpc) is 3.09. The van der Waals surface area contributed by atoms with E-state index >= 15 is 0 Å². The van der Waals surface area contributed by atoms with Crippen LogP contribution >= 0.6 is 23.4 Å². The number of carbonyl (C=O) groups excluding carboxylic acids is 1. The molecule has 1 aromatic carbocycles. The quantitative estimate of drug-likeness (QED) is 0.711. The SMILES string of the molecule is C[C@@H]1CCCC[C@@H]1NC(=O)CSc1nnc(COc2ccccc2Cl)o1. The number of hydrogen-bond donors (Lipinski definition) is 1. The number of rotatable bonds is 7. The van der Waals surface area contributed by atoms with Gasteiger partial charge in [-0.1, -0.05) is 55.3 Å². The first-order chi connectivity index (χ1) is 12.6. The van der Waals surface area contributed by atoms with E-state index in [4.69, 9.17) is 20.8 Å². The molecular weight excluding hydrogens is 374 g/mol. The summed E-state index contributed by atoms with van der Waals surface area (Å²) in [5.41, 5.74) is 0. The Morgan fingerprint density at radius 3 is 2.96 bits per heavy atom.